The molecule has 7 heteroatoms. The third-order valence-corrected chi connectivity index (χ3v) is 4.77. The summed E-state index contributed by atoms with van der Waals surface area (Å²) in [6.07, 6.45) is 7.68. The predicted molar refractivity (Wildman–Crippen MR) is 107 cm³/mol. The highest BCUT2D eigenvalue weighted by atomic mass is 79.9. The summed E-state index contributed by atoms with van der Waals surface area (Å²) in [6, 6.07) is 4.17. The lowest BCUT2D eigenvalue weighted by atomic mass is 9.95. The van der Waals surface area contributed by atoms with Gasteiger partial charge in [0, 0.05) is 6.04 Å². The summed E-state index contributed by atoms with van der Waals surface area (Å²) in [4.78, 5) is 11.9. The molecule has 1 aromatic rings. The first-order valence-corrected chi connectivity index (χ1v) is 10.1. The molecule has 1 fully saturated rings. The van der Waals surface area contributed by atoms with Crippen LogP contribution < -0.4 is 20.2 Å². The Kier molecular flexibility index (Phi) is 8.91. The second kappa shape index (κ2) is 11.2. The maximum absolute atomic E-state index is 11.9. The third-order valence-electron chi connectivity index (χ3n) is 4.18. The third kappa shape index (κ3) is 6.61. The Morgan fingerprint density at radius 2 is 1.96 bits per heavy atom. The van der Waals surface area contributed by atoms with Crippen molar-refractivity contribution in [3.05, 3.63) is 22.2 Å². The Morgan fingerprint density at radius 3 is 2.65 bits per heavy atom. The molecule has 1 aliphatic rings. The molecule has 0 bridgehead atoms. The first-order valence-electron chi connectivity index (χ1n) is 9.28. The topological polar surface area (TPSA) is 72.0 Å². The average molecular weight is 426 g/mol. The van der Waals surface area contributed by atoms with Gasteiger partial charge in [-0.05, 0) is 60.3 Å². The van der Waals surface area contributed by atoms with E-state index in [1.807, 2.05) is 26.0 Å². The van der Waals surface area contributed by atoms with Gasteiger partial charge in [-0.2, -0.15) is 5.10 Å². The van der Waals surface area contributed by atoms with Gasteiger partial charge < -0.3 is 14.8 Å². The molecule has 0 radical (unpaired) electrons. The van der Waals surface area contributed by atoms with Crippen molar-refractivity contribution in [2.45, 2.75) is 52.0 Å². The maximum atomic E-state index is 11.9. The zero-order valence-corrected chi connectivity index (χ0v) is 17.1. The van der Waals surface area contributed by atoms with E-state index >= 15 is 0 Å². The van der Waals surface area contributed by atoms with E-state index in [-0.39, 0.29) is 5.91 Å². The maximum Gasteiger partial charge on any atom is 0.254 e. The van der Waals surface area contributed by atoms with Crippen molar-refractivity contribution in [3.8, 4) is 11.5 Å². The zero-order chi connectivity index (χ0) is 18.8. The van der Waals surface area contributed by atoms with E-state index in [0.717, 1.165) is 22.9 Å². The molecule has 2 rings (SSSR count). The van der Waals surface area contributed by atoms with Crippen LogP contribution >= 0.6 is 15.9 Å². The number of hydrazone groups is 1. The molecule has 2 N–H and O–H groups in total. The predicted octanol–water partition coefficient (Wildman–Crippen LogP) is 3.62. The second-order valence-corrected chi connectivity index (χ2v) is 7.06. The minimum absolute atomic E-state index is 0.137. The number of nitrogens with zero attached hydrogens (tertiary/aromatic N) is 1. The van der Waals surface area contributed by atoms with Crippen LogP contribution in [-0.4, -0.2) is 37.9 Å². The smallest absolute Gasteiger partial charge is 0.254 e. The molecule has 1 aromatic carbocycles. The number of nitrogens with one attached hydrogen (secondary N) is 2. The molecule has 0 heterocycles. The summed E-state index contributed by atoms with van der Waals surface area (Å²) in [7, 11) is 0. The highest BCUT2D eigenvalue weighted by molar-refractivity contribution is 9.10. The summed E-state index contributed by atoms with van der Waals surface area (Å²) < 4.78 is 12.0. The molecular weight excluding hydrogens is 398 g/mol. The lowest BCUT2D eigenvalue weighted by molar-refractivity contribution is -0.120. The molecule has 0 aromatic heterocycles. The van der Waals surface area contributed by atoms with Crippen LogP contribution in [0.25, 0.3) is 0 Å². The van der Waals surface area contributed by atoms with Gasteiger partial charge in [-0.3, -0.25) is 4.79 Å². The van der Waals surface area contributed by atoms with E-state index in [2.05, 4.69) is 31.8 Å². The molecular formula is C19H28BrN3O3. The van der Waals surface area contributed by atoms with Crippen molar-refractivity contribution in [2.75, 3.05) is 19.8 Å². The number of carbonyl (C=O) groups excluding carboxylic acids is 1. The van der Waals surface area contributed by atoms with Crippen molar-refractivity contribution in [3.63, 3.8) is 0 Å². The van der Waals surface area contributed by atoms with Crippen LogP contribution in [0.4, 0.5) is 0 Å². The largest absolute Gasteiger partial charge is 0.490 e. The van der Waals surface area contributed by atoms with E-state index in [1.54, 1.807) is 6.21 Å². The highest BCUT2D eigenvalue weighted by Crippen LogP contribution is 2.36. The minimum atomic E-state index is -0.137. The Bertz CT molecular complexity index is 616. The molecule has 0 saturated heterocycles. The van der Waals surface area contributed by atoms with Crippen LogP contribution in [0.3, 0.4) is 0 Å². The number of hydrogen-bond donors (Lipinski definition) is 2. The zero-order valence-electron chi connectivity index (χ0n) is 15.5. The van der Waals surface area contributed by atoms with Gasteiger partial charge in [0.15, 0.2) is 11.5 Å². The normalized spacial score (nSPS) is 15.2. The van der Waals surface area contributed by atoms with Crippen LogP contribution in [0.2, 0.25) is 0 Å². The second-order valence-electron chi connectivity index (χ2n) is 6.21. The SMILES string of the molecule is CCOc1cc(/C=N\NC(=O)CNC2CCCCC2)cc(Br)c1OCC. The van der Waals surface area contributed by atoms with Crippen molar-refractivity contribution in [2.24, 2.45) is 5.10 Å². The molecule has 1 amide bonds. The summed E-state index contributed by atoms with van der Waals surface area (Å²) >= 11 is 3.49. The quantitative estimate of drug-likeness (QED) is 0.468. The molecule has 6 nitrogen and oxygen atoms in total. The van der Waals surface area contributed by atoms with Crippen LogP contribution in [-0.2, 0) is 4.79 Å². The number of carbonyl (C=O) groups is 1. The molecule has 0 aliphatic heterocycles. The van der Waals surface area contributed by atoms with E-state index in [0.29, 0.717) is 37.3 Å². The van der Waals surface area contributed by atoms with E-state index in [4.69, 9.17) is 9.47 Å². The number of benzene rings is 1. The fourth-order valence-corrected chi connectivity index (χ4v) is 3.55. The van der Waals surface area contributed by atoms with Gasteiger partial charge in [0.05, 0.1) is 30.4 Å². The highest BCUT2D eigenvalue weighted by Gasteiger charge is 2.14. The van der Waals surface area contributed by atoms with Crippen molar-refractivity contribution in [1.82, 2.24) is 10.7 Å². The number of hydrogen-bond acceptors (Lipinski definition) is 5. The summed E-state index contributed by atoms with van der Waals surface area (Å²) in [5.41, 5.74) is 3.37. The van der Waals surface area contributed by atoms with E-state index in [1.165, 1.54) is 19.3 Å². The first kappa shape index (κ1) is 20.7. The Morgan fingerprint density at radius 1 is 1.23 bits per heavy atom. The van der Waals surface area contributed by atoms with Gasteiger partial charge in [0.25, 0.3) is 5.91 Å². The fourth-order valence-electron chi connectivity index (χ4n) is 2.97. The standard InChI is InChI=1S/C19H28BrN3O3/c1-3-25-17-11-14(10-16(20)19(17)26-4-2)12-22-23-18(24)13-21-15-8-6-5-7-9-15/h10-12,15,21H,3-9,13H2,1-2H3,(H,23,24)/b22-12-. The van der Waals surface area contributed by atoms with E-state index < -0.39 is 0 Å². The molecule has 1 saturated carbocycles. The van der Waals surface area contributed by atoms with E-state index in [9.17, 15) is 4.79 Å². The molecule has 1 aliphatic carbocycles. The summed E-state index contributed by atoms with van der Waals surface area (Å²) in [5, 5.41) is 7.34. The van der Waals surface area contributed by atoms with Gasteiger partial charge in [-0.15, -0.1) is 0 Å². The Hall–Kier alpha value is -1.60. The van der Waals surface area contributed by atoms with Crippen molar-refractivity contribution in [1.29, 1.82) is 0 Å². The van der Waals surface area contributed by atoms with Crippen LogP contribution in [0.1, 0.15) is 51.5 Å². The van der Waals surface area contributed by atoms with Gasteiger partial charge >= 0.3 is 0 Å². The molecule has 26 heavy (non-hydrogen) atoms. The molecule has 144 valence electrons. The number of halogens is 1. The van der Waals surface area contributed by atoms with Crippen LogP contribution in [0.5, 0.6) is 11.5 Å². The molecule has 0 spiro atoms. The van der Waals surface area contributed by atoms with Crippen molar-refractivity contribution >= 4 is 28.1 Å². The first-order chi connectivity index (χ1) is 12.6. The van der Waals surface area contributed by atoms with Crippen LogP contribution in [0, 0.1) is 0 Å². The summed E-state index contributed by atoms with van der Waals surface area (Å²) in [5.74, 6) is 1.18. The van der Waals surface area contributed by atoms with Crippen LogP contribution in [0.15, 0.2) is 21.7 Å². The lowest BCUT2D eigenvalue weighted by Crippen LogP contribution is -2.38. The van der Waals surface area contributed by atoms with Gasteiger partial charge in [0.2, 0.25) is 0 Å². The molecule has 0 atom stereocenters. The monoisotopic (exact) mass is 425 g/mol. The van der Waals surface area contributed by atoms with Gasteiger partial charge in [-0.1, -0.05) is 19.3 Å². The number of amides is 1. The molecule has 0 unspecified atom stereocenters. The van der Waals surface area contributed by atoms with Crippen molar-refractivity contribution < 1.29 is 14.3 Å². The Balaban J connectivity index is 1.89. The van der Waals surface area contributed by atoms with Gasteiger partial charge in [-0.25, -0.2) is 5.43 Å². The van der Waals surface area contributed by atoms with Gasteiger partial charge in [0.1, 0.15) is 0 Å². The lowest BCUT2D eigenvalue weighted by Gasteiger charge is -2.22. The summed E-state index contributed by atoms with van der Waals surface area (Å²) in [6.45, 7) is 5.23. The fraction of sp³-hybridized carbons (Fsp3) is 0.579. The number of ether oxygens (including phenoxy) is 2. The minimum Gasteiger partial charge on any atom is -0.490 e. The average Bonchev–Trinajstić information content (AvgIpc) is 2.64. The number of rotatable bonds is 9. The Labute approximate surface area is 163 Å².